The molecule has 1 aliphatic carbocycles. The van der Waals surface area contributed by atoms with Crippen molar-refractivity contribution in [1.82, 2.24) is 0 Å². The van der Waals surface area contributed by atoms with E-state index in [2.05, 4.69) is 19.1 Å². The maximum atomic E-state index is 10.6. The summed E-state index contributed by atoms with van der Waals surface area (Å²) < 4.78 is 6.04. The molecule has 0 aromatic heterocycles. The molecule has 3 heteroatoms. The second-order valence-corrected chi connectivity index (χ2v) is 7.88. The van der Waals surface area contributed by atoms with E-state index in [1.807, 2.05) is 6.92 Å². The minimum atomic E-state index is -0.595. The summed E-state index contributed by atoms with van der Waals surface area (Å²) in [5.41, 5.74) is -0.595. The molecule has 2 aliphatic rings. The standard InChI is InChI=1S/C20H36O3/c1-3-4-8-12-20(2,22)13-11-16-17-10-7-5-6-9-14-23-19(17)15-18(16)21/h5,7,16-19,21-22H,3-4,6,8-15H2,1-2H3/b7-5-/t16-,17-,18-,19+,20?/m1/s1. The zero-order chi connectivity index (χ0) is 16.7. The van der Waals surface area contributed by atoms with Crippen molar-refractivity contribution in [3.63, 3.8) is 0 Å². The molecule has 5 atom stereocenters. The number of allylic oxidation sites excluding steroid dienone is 2. The average molecular weight is 325 g/mol. The molecule has 134 valence electrons. The highest BCUT2D eigenvalue weighted by Gasteiger charge is 2.42. The van der Waals surface area contributed by atoms with Gasteiger partial charge in [0.1, 0.15) is 0 Å². The van der Waals surface area contributed by atoms with Gasteiger partial charge in [-0.2, -0.15) is 0 Å². The Kier molecular flexibility index (Phi) is 7.58. The highest BCUT2D eigenvalue weighted by Crippen LogP contribution is 2.41. The monoisotopic (exact) mass is 324 g/mol. The van der Waals surface area contributed by atoms with Gasteiger partial charge in [0.2, 0.25) is 0 Å². The van der Waals surface area contributed by atoms with Gasteiger partial charge in [0, 0.05) is 13.0 Å². The van der Waals surface area contributed by atoms with Crippen LogP contribution in [0.25, 0.3) is 0 Å². The normalized spacial score (nSPS) is 35.7. The molecule has 1 aliphatic heterocycles. The Labute approximate surface area is 142 Å². The van der Waals surface area contributed by atoms with Crippen LogP contribution in [0.2, 0.25) is 0 Å². The number of hydrogen-bond donors (Lipinski definition) is 2. The molecule has 2 N–H and O–H groups in total. The van der Waals surface area contributed by atoms with E-state index in [9.17, 15) is 10.2 Å². The van der Waals surface area contributed by atoms with Crippen LogP contribution in [-0.2, 0) is 4.74 Å². The summed E-state index contributed by atoms with van der Waals surface area (Å²) in [6.45, 7) is 4.95. The number of aliphatic hydroxyl groups is 2. The summed E-state index contributed by atoms with van der Waals surface area (Å²) in [6.07, 6.45) is 14.4. The van der Waals surface area contributed by atoms with Crippen LogP contribution in [0.15, 0.2) is 12.2 Å². The molecular formula is C20H36O3. The average Bonchev–Trinajstić information content (AvgIpc) is 2.84. The minimum absolute atomic E-state index is 0.197. The minimum Gasteiger partial charge on any atom is -0.393 e. The Balaban J connectivity index is 1.89. The zero-order valence-electron chi connectivity index (χ0n) is 15.0. The molecule has 0 amide bonds. The number of ether oxygens (including phenoxy) is 1. The van der Waals surface area contributed by atoms with E-state index < -0.39 is 5.60 Å². The van der Waals surface area contributed by atoms with E-state index in [1.54, 1.807) is 0 Å². The van der Waals surface area contributed by atoms with Crippen LogP contribution in [0.1, 0.15) is 78.1 Å². The summed E-state index contributed by atoms with van der Waals surface area (Å²) in [7, 11) is 0. The SMILES string of the molecule is CCCCCC(C)(O)CC[C@@H]1[C@H]2C/C=C\CCCO[C@H]2C[C@H]1O. The fourth-order valence-electron chi connectivity index (χ4n) is 4.24. The molecule has 2 rings (SSSR count). The van der Waals surface area contributed by atoms with Crippen molar-refractivity contribution in [3.05, 3.63) is 12.2 Å². The van der Waals surface area contributed by atoms with Gasteiger partial charge in [-0.25, -0.2) is 0 Å². The van der Waals surface area contributed by atoms with Crippen LogP contribution < -0.4 is 0 Å². The van der Waals surface area contributed by atoms with E-state index in [0.717, 1.165) is 58.0 Å². The number of aliphatic hydroxyl groups excluding tert-OH is 1. The van der Waals surface area contributed by atoms with Gasteiger partial charge < -0.3 is 14.9 Å². The summed E-state index contributed by atoms with van der Waals surface area (Å²) in [5.74, 6) is 0.672. The van der Waals surface area contributed by atoms with Gasteiger partial charge in [0.25, 0.3) is 0 Å². The van der Waals surface area contributed by atoms with Crippen molar-refractivity contribution in [2.24, 2.45) is 11.8 Å². The molecule has 1 fully saturated rings. The van der Waals surface area contributed by atoms with E-state index >= 15 is 0 Å². The van der Waals surface area contributed by atoms with Gasteiger partial charge in [-0.15, -0.1) is 0 Å². The van der Waals surface area contributed by atoms with Crippen LogP contribution in [0.4, 0.5) is 0 Å². The molecule has 0 aromatic carbocycles. The lowest BCUT2D eigenvalue weighted by molar-refractivity contribution is 0.00927. The van der Waals surface area contributed by atoms with Crippen LogP contribution in [-0.4, -0.2) is 34.6 Å². The fourth-order valence-corrected chi connectivity index (χ4v) is 4.24. The molecule has 1 heterocycles. The number of fused-ring (bicyclic) bond motifs is 1. The summed E-state index contributed by atoms with van der Waals surface area (Å²) in [6, 6.07) is 0. The van der Waals surface area contributed by atoms with E-state index in [0.29, 0.717) is 5.92 Å². The Hall–Kier alpha value is -0.380. The van der Waals surface area contributed by atoms with Gasteiger partial charge in [-0.05, 0) is 57.3 Å². The van der Waals surface area contributed by atoms with Crippen LogP contribution in [0.5, 0.6) is 0 Å². The quantitative estimate of drug-likeness (QED) is 0.544. The molecule has 0 aromatic rings. The highest BCUT2D eigenvalue weighted by molar-refractivity contribution is 4.98. The Morgan fingerprint density at radius 1 is 1.22 bits per heavy atom. The summed E-state index contributed by atoms with van der Waals surface area (Å²) >= 11 is 0. The van der Waals surface area contributed by atoms with Gasteiger partial charge in [-0.1, -0.05) is 38.3 Å². The molecule has 0 saturated heterocycles. The maximum absolute atomic E-state index is 10.6. The van der Waals surface area contributed by atoms with Crippen molar-refractivity contribution in [3.8, 4) is 0 Å². The molecule has 1 unspecified atom stereocenters. The Bertz CT molecular complexity index is 364. The molecule has 1 saturated carbocycles. The summed E-state index contributed by atoms with van der Waals surface area (Å²) in [4.78, 5) is 0. The lowest BCUT2D eigenvalue weighted by Crippen LogP contribution is -2.29. The Morgan fingerprint density at radius 2 is 2.04 bits per heavy atom. The van der Waals surface area contributed by atoms with Crippen LogP contribution in [0.3, 0.4) is 0 Å². The van der Waals surface area contributed by atoms with E-state index in [4.69, 9.17) is 4.74 Å². The number of unbranched alkanes of at least 4 members (excludes halogenated alkanes) is 2. The third kappa shape index (κ3) is 5.88. The molecule has 0 radical (unpaired) electrons. The fraction of sp³-hybridized carbons (Fsp3) is 0.900. The van der Waals surface area contributed by atoms with Crippen molar-refractivity contribution in [2.45, 2.75) is 95.9 Å². The van der Waals surface area contributed by atoms with Crippen LogP contribution in [0, 0.1) is 11.8 Å². The molecule has 0 spiro atoms. The van der Waals surface area contributed by atoms with Gasteiger partial charge >= 0.3 is 0 Å². The maximum Gasteiger partial charge on any atom is 0.0634 e. The molecule has 23 heavy (non-hydrogen) atoms. The second-order valence-electron chi connectivity index (χ2n) is 7.88. The largest absolute Gasteiger partial charge is 0.393 e. The smallest absolute Gasteiger partial charge is 0.0634 e. The lowest BCUT2D eigenvalue weighted by Gasteiger charge is -2.29. The highest BCUT2D eigenvalue weighted by atomic mass is 16.5. The topological polar surface area (TPSA) is 49.7 Å². The molecule has 0 bridgehead atoms. The van der Waals surface area contributed by atoms with Crippen molar-refractivity contribution in [1.29, 1.82) is 0 Å². The zero-order valence-corrected chi connectivity index (χ0v) is 15.0. The number of hydrogen-bond acceptors (Lipinski definition) is 3. The first kappa shape index (κ1) is 19.0. The van der Waals surface area contributed by atoms with Crippen molar-refractivity contribution >= 4 is 0 Å². The predicted octanol–water partition coefficient (Wildman–Crippen LogP) is 4.22. The third-order valence-corrected chi connectivity index (χ3v) is 5.75. The van der Waals surface area contributed by atoms with Crippen molar-refractivity contribution in [2.75, 3.05) is 6.61 Å². The first-order valence-electron chi connectivity index (χ1n) is 9.70. The first-order valence-corrected chi connectivity index (χ1v) is 9.70. The van der Waals surface area contributed by atoms with Gasteiger partial charge in [-0.3, -0.25) is 0 Å². The lowest BCUT2D eigenvalue weighted by atomic mass is 9.82. The summed E-state index contributed by atoms with van der Waals surface area (Å²) in [5, 5.41) is 21.1. The Morgan fingerprint density at radius 3 is 2.83 bits per heavy atom. The van der Waals surface area contributed by atoms with Crippen LogP contribution >= 0.6 is 0 Å². The second kappa shape index (κ2) is 9.19. The molecular weight excluding hydrogens is 288 g/mol. The van der Waals surface area contributed by atoms with Gasteiger partial charge in [0.15, 0.2) is 0 Å². The van der Waals surface area contributed by atoms with E-state index in [-0.39, 0.29) is 18.1 Å². The number of rotatable bonds is 7. The molecule has 3 nitrogen and oxygen atoms in total. The first-order chi connectivity index (χ1) is 11.0. The van der Waals surface area contributed by atoms with E-state index in [1.165, 1.54) is 12.8 Å². The van der Waals surface area contributed by atoms with Crippen molar-refractivity contribution < 1.29 is 14.9 Å². The predicted molar refractivity (Wildman–Crippen MR) is 94.3 cm³/mol. The van der Waals surface area contributed by atoms with Gasteiger partial charge in [0.05, 0.1) is 17.8 Å². The third-order valence-electron chi connectivity index (χ3n) is 5.75.